The molecular weight excluding hydrogens is 200 g/mol. The fraction of sp³-hybridized carbons (Fsp3) is 0.455. The first kappa shape index (κ1) is 9.81. The van der Waals surface area contributed by atoms with Crippen LogP contribution in [0.3, 0.4) is 0 Å². The van der Waals surface area contributed by atoms with Gasteiger partial charge in [-0.05, 0) is 24.6 Å². The molecule has 1 aromatic carbocycles. The van der Waals surface area contributed by atoms with Crippen LogP contribution in [0.1, 0.15) is 12.5 Å². The highest BCUT2D eigenvalue weighted by Gasteiger charge is 2.38. The molecule has 0 atom stereocenters. The molecule has 1 aromatic rings. The quantitative estimate of drug-likeness (QED) is 0.717. The van der Waals surface area contributed by atoms with E-state index in [-0.39, 0.29) is 4.87 Å². The maximum absolute atomic E-state index is 6.32. The van der Waals surface area contributed by atoms with Crippen LogP contribution in [0.5, 0.6) is 5.75 Å². The highest BCUT2D eigenvalue weighted by molar-refractivity contribution is 6.24. The van der Waals surface area contributed by atoms with E-state index in [2.05, 4.69) is 0 Å². The Morgan fingerprint density at radius 3 is 2.86 bits per heavy atom. The van der Waals surface area contributed by atoms with E-state index >= 15 is 0 Å². The van der Waals surface area contributed by atoms with Gasteiger partial charge in [-0.15, -0.1) is 11.6 Å². The molecular formula is C11H13ClO2. The molecule has 1 heterocycles. The second-order valence-corrected chi connectivity index (χ2v) is 4.14. The smallest absolute Gasteiger partial charge is 0.119 e. The van der Waals surface area contributed by atoms with Crippen molar-refractivity contribution in [1.82, 2.24) is 0 Å². The first-order chi connectivity index (χ1) is 6.74. The number of rotatable bonds is 3. The topological polar surface area (TPSA) is 18.5 Å². The minimum absolute atomic E-state index is 0.326. The van der Waals surface area contributed by atoms with Gasteiger partial charge in [0.2, 0.25) is 0 Å². The summed E-state index contributed by atoms with van der Waals surface area (Å²) >= 11 is 6.32. The summed E-state index contributed by atoms with van der Waals surface area (Å²) in [6.07, 6.45) is 0. The van der Waals surface area contributed by atoms with Crippen molar-refractivity contribution in [3.05, 3.63) is 29.8 Å². The Morgan fingerprint density at radius 1 is 1.50 bits per heavy atom. The van der Waals surface area contributed by atoms with Crippen molar-refractivity contribution in [3.8, 4) is 5.75 Å². The number of halogens is 1. The first-order valence-electron chi connectivity index (χ1n) is 4.74. The number of ether oxygens (including phenoxy) is 2. The molecule has 1 aliphatic rings. The lowest BCUT2D eigenvalue weighted by Gasteiger charge is -2.36. The van der Waals surface area contributed by atoms with Gasteiger partial charge in [-0.1, -0.05) is 12.1 Å². The monoisotopic (exact) mass is 212 g/mol. The number of benzene rings is 1. The molecule has 0 aliphatic carbocycles. The minimum atomic E-state index is -0.326. The van der Waals surface area contributed by atoms with Crippen molar-refractivity contribution >= 4 is 11.6 Å². The van der Waals surface area contributed by atoms with Crippen LogP contribution in [0.4, 0.5) is 0 Å². The van der Waals surface area contributed by atoms with E-state index in [4.69, 9.17) is 21.1 Å². The van der Waals surface area contributed by atoms with Crippen molar-refractivity contribution in [2.75, 3.05) is 19.8 Å². The maximum Gasteiger partial charge on any atom is 0.119 e. The zero-order valence-corrected chi connectivity index (χ0v) is 8.88. The van der Waals surface area contributed by atoms with Gasteiger partial charge in [0.1, 0.15) is 10.6 Å². The second kappa shape index (κ2) is 3.79. The van der Waals surface area contributed by atoms with Crippen LogP contribution < -0.4 is 4.74 Å². The van der Waals surface area contributed by atoms with Gasteiger partial charge in [-0.25, -0.2) is 0 Å². The molecule has 76 valence electrons. The van der Waals surface area contributed by atoms with E-state index in [1.54, 1.807) is 0 Å². The number of hydrogen-bond donors (Lipinski definition) is 0. The predicted molar refractivity (Wildman–Crippen MR) is 56.0 cm³/mol. The third kappa shape index (κ3) is 1.72. The molecule has 3 heteroatoms. The normalized spacial score (nSPS) is 18.7. The largest absolute Gasteiger partial charge is 0.494 e. The van der Waals surface area contributed by atoms with Gasteiger partial charge in [-0.3, -0.25) is 0 Å². The molecule has 0 saturated carbocycles. The summed E-state index contributed by atoms with van der Waals surface area (Å²) < 4.78 is 10.5. The van der Waals surface area contributed by atoms with Crippen LogP contribution in [0.15, 0.2) is 24.3 Å². The Bertz CT molecular complexity index is 321. The van der Waals surface area contributed by atoms with Gasteiger partial charge in [0.15, 0.2) is 0 Å². The Hall–Kier alpha value is -0.730. The van der Waals surface area contributed by atoms with Crippen molar-refractivity contribution < 1.29 is 9.47 Å². The SMILES string of the molecule is CCOc1cccc(C2(Cl)COC2)c1. The van der Waals surface area contributed by atoms with Crippen LogP contribution in [-0.2, 0) is 9.61 Å². The average molecular weight is 213 g/mol. The third-order valence-corrected chi connectivity index (χ3v) is 2.76. The van der Waals surface area contributed by atoms with Crippen LogP contribution in [0.25, 0.3) is 0 Å². The Balaban J connectivity index is 2.21. The fourth-order valence-corrected chi connectivity index (χ4v) is 1.75. The molecule has 1 aliphatic heterocycles. The third-order valence-electron chi connectivity index (χ3n) is 2.32. The summed E-state index contributed by atoms with van der Waals surface area (Å²) in [7, 11) is 0. The van der Waals surface area contributed by atoms with Crippen LogP contribution in [0, 0.1) is 0 Å². The standard InChI is InChI=1S/C11H13ClO2/c1-2-14-10-5-3-4-9(6-10)11(12)7-13-8-11/h3-6H,2,7-8H2,1H3. The molecule has 1 fully saturated rings. The van der Waals surface area contributed by atoms with Crippen LogP contribution in [-0.4, -0.2) is 19.8 Å². The van der Waals surface area contributed by atoms with Crippen LogP contribution >= 0.6 is 11.6 Å². The molecule has 1 saturated heterocycles. The van der Waals surface area contributed by atoms with E-state index in [9.17, 15) is 0 Å². The summed E-state index contributed by atoms with van der Waals surface area (Å²) in [5.41, 5.74) is 1.08. The molecule has 0 aromatic heterocycles. The molecule has 14 heavy (non-hydrogen) atoms. The highest BCUT2D eigenvalue weighted by Crippen LogP contribution is 2.37. The zero-order chi connectivity index (χ0) is 10.0. The lowest BCUT2D eigenvalue weighted by atomic mass is 9.96. The van der Waals surface area contributed by atoms with Crippen LogP contribution in [0.2, 0.25) is 0 Å². The second-order valence-electron chi connectivity index (χ2n) is 3.42. The average Bonchev–Trinajstić information content (AvgIpc) is 2.15. The molecule has 0 spiro atoms. The molecule has 0 amide bonds. The molecule has 0 radical (unpaired) electrons. The van der Waals surface area contributed by atoms with Gasteiger partial charge in [0, 0.05) is 0 Å². The molecule has 2 nitrogen and oxygen atoms in total. The molecule has 2 rings (SSSR count). The highest BCUT2D eigenvalue weighted by atomic mass is 35.5. The van der Waals surface area contributed by atoms with Gasteiger partial charge in [-0.2, -0.15) is 0 Å². The van der Waals surface area contributed by atoms with Gasteiger partial charge in [0.05, 0.1) is 19.8 Å². The summed E-state index contributed by atoms with van der Waals surface area (Å²) in [5.74, 6) is 0.872. The number of alkyl halides is 1. The summed E-state index contributed by atoms with van der Waals surface area (Å²) in [4.78, 5) is -0.326. The summed E-state index contributed by atoms with van der Waals surface area (Å²) in [6, 6.07) is 7.90. The Kier molecular flexibility index (Phi) is 2.66. The van der Waals surface area contributed by atoms with Gasteiger partial charge >= 0.3 is 0 Å². The van der Waals surface area contributed by atoms with Gasteiger partial charge < -0.3 is 9.47 Å². The lowest BCUT2D eigenvalue weighted by molar-refractivity contribution is -0.0152. The van der Waals surface area contributed by atoms with E-state index in [0.717, 1.165) is 11.3 Å². The van der Waals surface area contributed by atoms with E-state index in [1.807, 2.05) is 31.2 Å². The molecule has 0 N–H and O–H groups in total. The summed E-state index contributed by atoms with van der Waals surface area (Å²) in [5, 5.41) is 0. The first-order valence-corrected chi connectivity index (χ1v) is 5.12. The molecule has 0 bridgehead atoms. The Morgan fingerprint density at radius 2 is 2.29 bits per heavy atom. The van der Waals surface area contributed by atoms with E-state index in [0.29, 0.717) is 19.8 Å². The van der Waals surface area contributed by atoms with Crippen molar-refractivity contribution in [3.63, 3.8) is 0 Å². The van der Waals surface area contributed by atoms with Crippen molar-refractivity contribution in [2.45, 2.75) is 11.8 Å². The summed E-state index contributed by atoms with van der Waals surface area (Å²) in [6.45, 7) is 3.82. The van der Waals surface area contributed by atoms with Gasteiger partial charge in [0.25, 0.3) is 0 Å². The predicted octanol–water partition coefficient (Wildman–Crippen LogP) is 2.55. The Labute approximate surface area is 88.8 Å². The lowest BCUT2D eigenvalue weighted by Crippen LogP contribution is -2.41. The van der Waals surface area contributed by atoms with E-state index in [1.165, 1.54) is 0 Å². The van der Waals surface area contributed by atoms with E-state index < -0.39 is 0 Å². The maximum atomic E-state index is 6.32. The number of hydrogen-bond acceptors (Lipinski definition) is 2. The van der Waals surface area contributed by atoms with Crippen molar-refractivity contribution in [1.29, 1.82) is 0 Å². The minimum Gasteiger partial charge on any atom is -0.494 e. The van der Waals surface area contributed by atoms with Crippen molar-refractivity contribution in [2.24, 2.45) is 0 Å². The zero-order valence-electron chi connectivity index (χ0n) is 8.13. The fourth-order valence-electron chi connectivity index (χ4n) is 1.48. The molecule has 0 unspecified atom stereocenters.